The summed E-state index contributed by atoms with van der Waals surface area (Å²) in [5.74, 6) is 0.258. The maximum atomic E-state index is 12.8. The molecule has 1 saturated heterocycles. The second-order valence-electron chi connectivity index (χ2n) is 10.6. The fourth-order valence-corrected chi connectivity index (χ4v) is 4.75. The summed E-state index contributed by atoms with van der Waals surface area (Å²) >= 11 is 0. The molecule has 1 amide bonds. The number of hydrogen-bond donors (Lipinski definition) is 3. The van der Waals surface area contributed by atoms with Crippen molar-refractivity contribution in [3.63, 3.8) is 0 Å². The Morgan fingerprint density at radius 1 is 1.18 bits per heavy atom. The third kappa shape index (κ3) is 5.50. The van der Waals surface area contributed by atoms with Crippen LogP contribution in [-0.2, 0) is 10.3 Å². The highest BCUT2D eigenvalue weighted by atomic mass is 19.4. The number of ether oxygens (including phenoxy) is 1. The van der Waals surface area contributed by atoms with E-state index in [1.54, 1.807) is 17.2 Å². The van der Waals surface area contributed by atoms with Crippen LogP contribution in [0.5, 0.6) is 0 Å². The van der Waals surface area contributed by atoms with Crippen molar-refractivity contribution in [1.29, 1.82) is 0 Å². The molecule has 0 unspecified atom stereocenters. The SMILES string of the molecule is CCC1(n2nc(Nc3ccc([C@@H](O)C(F)(F)F)cc3)c3c(=O)[nH]ccc32)CCN(C(=O)OC(C)(C)C)CC1. The molecule has 0 bridgehead atoms. The van der Waals surface area contributed by atoms with Gasteiger partial charge in [-0.2, -0.15) is 18.3 Å². The average Bonchev–Trinajstić information content (AvgIpc) is 3.22. The Balaban J connectivity index is 1.63. The molecule has 1 atom stereocenters. The minimum Gasteiger partial charge on any atom is -0.444 e. The van der Waals surface area contributed by atoms with Gasteiger partial charge < -0.3 is 25.0 Å². The number of likely N-dealkylation sites (tertiary alicyclic amines) is 1. The van der Waals surface area contributed by atoms with Crippen molar-refractivity contribution < 1.29 is 27.8 Å². The zero-order valence-corrected chi connectivity index (χ0v) is 21.7. The monoisotopic (exact) mass is 535 g/mol. The van der Waals surface area contributed by atoms with Gasteiger partial charge in [0.2, 0.25) is 0 Å². The van der Waals surface area contributed by atoms with Gasteiger partial charge in [-0.25, -0.2) is 4.79 Å². The summed E-state index contributed by atoms with van der Waals surface area (Å²) in [6.45, 7) is 8.40. The van der Waals surface area contributed by atoms with E-state index >= 15 is 0 Å². The largest absolute Gasteiger partial charge is 0.444 e. The fourth-order valence-electron chi connectivity index (χ4n) is 4.75. The maximum Gasteiger partial charge on any atom is 0.418 e. The Morgan fingerprint density at radius 3 is 2.37 bits per heavy atom. The summed E-state index contributed by atoms with van der Waals surface area (Å²) in [4.78, 5) is 29.7. The minimum atomic E-state index is -4.77. The van der Waals surface area contributed by atoms with Crippen LogP contribution in [-0.4, -0.2) is 55.7 Å². The van der Waals surface area contributed by atoms with Gasteiger partial charge in [-0.15, -0.1) is 0 Å². The summed E-state index contributed by atoms with van der Waals surface area (Å²) in [6.07, 6.45) is -4.31. The first-order valence-corrected chi connectivity index (χ1v) is 12.4. The normalized spacial score (nSPS) is 16.9. The van der Waals surface area contributed by atoms with Crippen LogP contribution in [0.15, 0.2) is 41.3 Å². The lowest BCUT2D eigenvalue weighted by atomic mass is 9.85. The number of carbonyl (C=O) groups excluding carboxylic acids is 1. The number of nitrogens with one attached hydrogen (secondary N) is 2. The van der Waals surface area contributed by atoms with E-state index in [0.29, 0.717) is 48.9 Å². The van der Waals surface area contributed by atoms with E-state index in [2.05, 4.69) is 10.3 Å². The molecule has 0 saturated carbocycles. The number of fused-ring (bicyclic) bond motifs is 1. The quantitative estimate of drug-likeness (QED) is 0.414. The summed E-state index contributed by atoms with van der Waals surface area (Å²) in [7, 11) is 0. The van der Waals surface area contributed by atoms with Gasteiger partial charge in [0.05, 0.1) is 11.1 Å². The number of aromatic amines is 1. The van der Waals surface area contributed by atoms with Crippen molar-refractivity contribution in [3.05, 3.63) is 52.4 Å². The summed E-state index contributed by atoms with van der Waals surface area (Å²) in [6, 6.07) is 6.88. The predicted molar refractivity (Wildman–Crippen MR) is 136 cm³/mol. The van der Waals surface area contributed by atoms with Gasteiger partial charge in [0.25, 0.3) is 5.56 Å². The van der Waals surface area contributed by atoms with Crippen LogP contribution in [0.4, 0.5) is 29.5 Å². The average molecular weight is 536 g/mol. The van der Waals surface area contributed by atoms with Gasteiger partial charge in [0.15, 0.2) is 11.9 Å². The third-order valence-electron chi connectivity index (χ3n) is 6.86. The van der Waals surface area contributed by atoms with Crippen LogP contribution >= 0.6 is 0 Å². The number of aliphatic hydroxyl groups excluding tert-OH is 1. The number of aliphatic hydroxyl groups is 1. The molecule has 3 aromatic rings. The van der Waals surface area contributed by atoms with Crippen LogP contribution < -0.4 is 10.9 Å². The molecule has 0 aliphatic carbocycles. The number of aromatic nitrogens is 3. The number of piperidine rings is 1. The van der Waals surface area contributed by atoms with Gasteiger partial charge in [0.1, 0.15) is 11.0 Å². The van der Waals surface area contributed by atoms with Crippen molar-refractivity contribution in [3.8, 4) is 0 Å². The number of benzene rings is 1. The molecule has 2 aromatic heterocycles. The molecule has 12 heteroatoms. The highest BCUT2D eigenvalue weighted by Gasteiger charge is 2.40. The van der Waals surface area contributed by atoms with Gasteiger partial charge >= 0.3 is 12.3 Å². The van der Waals surface area contributed by atoms with Crippen LogP contribution in [0.1, 0.15) is 58.6 Å². The van der Waals surface area contributed by atoms with Crippen molar-refractivity contribution in [2.75, 3.05) is 18.4 Å². The number of pyridine rings is 1. The molecular weight excluding hydrogens is 503 g/mol. The molecule has 1 aliphatic heterocycles. The number of amides is 1. The summed E-state index contributed by atoms with van der Waals surface area (Å²) in [5, 5.41) is 17.6. The molecule has 0 radical (unpaired) electrons. The first-order valence-electron chi connectivity index (χ1n) is 12.4. The van der Waals surface area contributed by atoms with E-state index in [1.807, 2.05) is 32.4 Å². The number of hydrogen-bond acceptors (Lipinski definition) is 6. The van der Waals surface area contributed by atoms with Gasteiger partial charge in [-0.3, -0.25) is 9.48 Å². The van der Waals surface area contributed by atoms with Gasteiger partial charge in [-0.1, -0.05) is 19.1 Å². The molecule has 0 spiro atoms. The van der Waals surface area contributed by atoms with Gasteiger partial charge in [0, 0.05) is 25.0 Å². The number of halogens is 3. The fraction of sp³-hybridized carbons (Fsp3) is 0.500. The highest BCUT2D eigenvalue weighted by molar-refractivity contribution is 5.91. The molecule has 38 heavy (non-hydrogen) atoms. The maximum absolute atomic E-state index is 12.8. The molecular formula is C26H32F3N5O4. The van der Waals surface area contributed by atoms with E-state index in [1.165, 1.54) is 24.3 Å². The lowest BCUT2D eigenvalue weighted by Crippen LogP contribution is -2.49. The second-order valence-corrected chi connectivity index (χ2v) is 10.6. The highest BCUT2D eigenvalue weighted by Crippen LogP contribution is 2.38. The Kier molecular flexibility index (Phi) is 7.21. The topological polar surface area (TPSA) is 112 Å². The van der Waals surface area contributed by atoms with Crippen molar-refractivity contribution in [2.24, 2.45) is 0 Å². The molecule has 9 nitrogen and oxygen atoms in total. The number of nitrogens with zero attached hydrogens (tertiary/aromatic N) is 3. The van der Waals surface area contributed by atoms with Gasteiger partial charge in [-0.05, 0) is 63.8 Å². The molecule has 1 aromatic carbocycles. The van der Waals surface area contributed by atoms with E-state index in [9.17, 15) is 27.9 Å². The van der Waals surface area contributed by atoms with Crippen LogP contribution in [0.3, 0.4) is 0 Å². The Bertz CT molecular complexity index is 1350. The lowest BCUT2D eigenvalue weighted by Gasteiger charge is -2.42. The third-order valence-corrected chi connectivity index (χ3v) is 6.86. The molecule has 1 fully saturated rings. The van der Waals surface area contributed by atoms with E-state index in [4.69, 9.17) is 9.84 Å². The van der Waals surface area contributed by atoms with Crippen LogP contribution in [0.2, 0.25) is 0 Å². The molecule has 3 N–H and O–H groups in total. The van der Waals surface area contributed by atoms with Crippen molar-refractivity contribution >= 4 is 28.5 Å². The number of alkyl halides is 3. The van der Waals surface area contributed by atoms with Crippen molar-refractivity contribution in [2.45, 2.75) is 70.4 Å². The second kappa shape index (κ2) is 9.97. The number of rotatable bonds is 5. The van der Waals surface area contributed by atoms with E-state index in [-0.39, 0.29) is 23.0 Å². The zero-order valence-electron chi connectivity index (χ0n) is 21.7. The molecule has 4 rings (SSSR count). The lowest BCUT2D eigenvalue weighted by molar-refractivity contribution is -0.206. The minimum absolute atomic E-state index is 0.258. The zero-order chi connectivity index (χ0) is 27.9. The molecule has 3 heterocycles. The Morgan fingerprint density at radius 2 is 1.82 bits per heavy atom. The smallest absolute Gasteiger partial charge is 0.418 e. The number of H-pyrrole nitrogens is 1. The summed E-state index contributed by atoms with van der Waals surface area (Å²) in [5.41, 5.74) is -0.711. The Hall–Kier alpha value is -3.54. The summed E-state index contributed by atoms with van der Waals surface area (Å²) < 4.78 is 45.9. The van der Waals surface area contributed by atoms with Crippen LogP contribution in [0.25, 0.3) is 10.9 Å². The van der Waals surface area contributed by atoms with Crippen molar-refractivity contribution in [1.82, 2.24) is 19.7 Å². The number of anilines is 2. The number of carbonyl (C=O) groups is 1. The standard InChI is InChI=1S/C26H32F3N5O4/c1-5-25(11-14-33(15-12-25)23(37)38-24(2,3)4)34-18-10-13-30-22(36)19(18)21(32-34)31-17-8-6-16(7-9-17)20(35)26(27,28)29/h6-10,13,20,35H,5,11-12,14-15H2,1-4H3,(H,30,36)(H,31,32)/t20-/m1/s1. The Labute approximate surface area is 217 Å². The predicted octanol–water partition coefficient (Wildman–Crippen LogP) is 5.20. The first-order chi connectivity index (χ1) is 17.7. The molecule has 206 valence electrons. The van der Waals surface area contributed by atoms with E-state index in [0.717, 1.165) is 0 Å². The van der Waals surface area contributed by atoms with Crippen LogP contribution in [0, 0.1) is 0 Å². The molecule has 1 aliphatic rings. The first kappa shape index (κ1) is 27.5. The van der Waals surface area contributed by atoms with E-state index < -0.39 is 23.4 Å².